The highest BCUT2D eigenvalue weighted by atomic mass is 16.2. The maximum absolute atomic E-state index is 11.7. The Hall–Kier alpha value is -1.10. The van der Waals surface area contributed by atoms with Crippen molar-refractivity contribution in [3.8, 4) is 0 Å². The van der Waals surface area contributed by atoms with E-state index >= 15 is 0 Å². The highest BCUT2D eigenvalue weighted by molar-refractivity contribution is 5.80. The van der Waals surface area contributed by atoms with Gasteiger partial charge in [-0.1, -0.05) is 0 Å². The van der Waals surface area contributed by atoms with E-state index in [9.17, 15) is 9.59 Å². The minimum atomic E-state index is 0.132. The zero-order chi connectivity index (χ0) is 11.5. The fourth-order valence-corrected chi connectivity index (χ4v) is 2.13. The summed E-state index contributed by atoms with van der Waals surface area (Å²) in [6, 6.07) is 0.253. The second kappa shape index (κ2) is 4.82. The number of nitrogens with one attached hydrogen (secondary N) is 2. The van der Waals surface area contributed by atoms with Crippen LogP contribution in [0.5, 0.6) is 0 Å². The van der Waals surface area contributed by atoms with Gasteiger partial charge in [0.2, 0.25) is 11.8 Å². The summed E-state index contributed by atoms with van der Waals surface area (Å²) in [6.07, 6.45) is 1.76. The van der Waals surface area contributed by atoms with Gasteiger partial charge in [-0.25, -0.2) is 0 Å². The lowest BCUT2D eigenvalue weighted by molar-refractivity contribution is -0.130. The molecule has 5 nitrogen and oxygen atoms in total. The van der Waals surface area contributed by atoms with Crippen molar-refractivity contribution in [3.63, 3.8) is 0 Å². The molecule has 2 amide bonds. The average Bonchev–Trinajstić information content (AvgIpc) is 2.15. The molecule has 16 heavy (non-hydrogen) atoms. The molecule has 0 aromatic carbocycles. The molecule has 0 aromatic heterocycles. The number of rotatable bonds is 2. The molecule has 0 bridgehead atoms. The number of hydrogen-bond donors (Lipinski definition) is 2. The maximum atomic E-state index is 11.7. The monoisotopic (exact) mass is 225 g/mol. The highest BCUT2D eigenvalue weighted by Gasteiger charge is 2.28. The number of amides is 2. The van der Waals surface area contributed by atoms with Crippen molar-refractivity contribution in [2.45, 2.75) is 25.8 Å². The Labute approximate surface area is 95.6 Å². The molecule has 0 aliphatic carbocycles. The second-order valence-corrected chi connectivity index (χ2v) is 4.64. The van der Waals surface area contributed by atoms with Gasteiger partial charge in [0.1, 0.15) is 0 Å². The van der Waals surface area contributed by atoms with E-state index in [0.29, 0.717) is 0 Å². The van der Waals surface area contributed by atoms with Crippen LogP contribution in [0.3, 0.4) is 0 Å². The lowest BCUT2D eigenvalue weighted by Crippen LogP contribution is -2.54. The number of likely N-dealkylation sites (tertiary alicyclic amines) is 1. The molecule has 2 heterocycles. The molecular formula is C11H19N3O2. The molecule has 2 rings (SSSR count). The van der Waals surface area contributed by atoms with Crippen LogP contribution in [0, 0.1) is 5.92 Å². The standard InChI is InChI=1S/C11H19N3O2/c1-8(15)14-4-2-10(3-5-14)13-11(16)9-6-12-7-9/h9-10,12H,2-7H2,1H3,(H,13,16). The molecule has 90 valence electrons. The molecule has 5 heteroatoms. The van der Waals surface area contributed by atoms with Gasteiger partial charge in [-0.05, 0) is 12.8 Å². The van der Waals surface area contributed by atoms with Gasteiger partial charge in [0, 0.05) is 39.1 Å². The molecule has 2 aliphatic rings. The van der Waals surface area contributed by atoms with Crippen molar-refractivity contribution in [2.24, 2.45) is 5.92 Å². The van der Waals surface area contributed by atoms with E-state index in [1.165, 1.54) is 0 Å². The van der Waals surface area contributed by atoms with Gasteiger partial charge in [-0.15, -0.1) is 0 Å². The first kappa shape index (κ1) is 11.4. The maximum Gasteiger partial charge on any atom is 0.225 e. The Kier molecular flexibility index (Phi) is 3.43. The van der Waals surface area contributed by atoms with Crippen LogP contribution in [0.4, 0.5) is 0 Å². The minimum absolute atomic E-state index is 0.132. The van der Waals surface area contributed by atoms with Crippen molar-refractivity contribution < 1.29 is 9.59 Å². The Balaban J connectivity index is 1.72. The van der Waals surface area contributed by atoms with Crippen LogP contribution in [-0.4, -0.2) is 48.9 Å². The molecule has 0 unspecified atom stereocenters. The Morgan fingerprint density at radius 3 is 2.31 bits per heavy atom. The van der Waals surface area contributed by atoms with Crippen molar-refractivity contribution in [1.82, 2.24) is 15.5 Å². The summed E-state index contributed by atoms with van der Waals surface area (Å²) in [7, 11) is 0. The summed E-state index contributed by atoms with van der Waals surface area (Å²) >= 11 is 0. The quantitative estimate of drug-likeness (QED) is 0.655. The first-order chi connectivity index (χ1) is 7.66. The molecule has 2 saturated heterocycles. The average molecular weight is 225 g/mol. The second-order valence-electron chi connectivity index (χ2n) is 4.64. The number of carbonyl (C=O) groups is 2. The first-order valence-corrected chi connectivity index (χ1v) is 5.93. The molecule has 2 aliphatic heterocycles. The van der Waals surface area contributed by atoms with Crippen LogP contribution in [0.1, 0.15) is 19.8 Å². The minimum Gasteiger partial charge on any atom is -0.353 e. The number of piperidine rings is 1. The molecule has 0 saturated carbocycles. The van der Waals surface area contributed by atoms with Gasteiger partial charge in [-0.2, -0.15) is 0 Å². The SMILES string of the molecule is CC(=O)N1CCC(NC(=O)C2CNC2)CC1. The summed E-state index contributed by atoms with van der Waals surface area (Å²) in [5.41, 5.74) is 0. The van der Waals surface area contributed by atoms with Crippen LogP contribution in [0.25, 0.3) is 0 Å². The molecule has 0 radical (unpaired) electrons. The third kappa shape index (κ3) is 2.52. The largest absolute Gasteiger partial charge is 0.353 e. The van der Waals surface area contributed by atoms with Gasteiger partial charge >= 0.3 is 0 Å². The van der Waals surface area contributed by atoms with Crippen LogP contribution in [0.2, 0.25) is 0 Å². The van der Waals surface area contributed by atoms with Crippen molar-refractivity contribution >= 4 is 11.8 Å². The van der Waals surface area contributed by atoms with Crippen molar-refractivity contribution in [1.29, 1.82) is 0 Å². The smallest absolute Gasteiger partial charge is 0.225 e. The van der Waals surface area contributed by atoms with E-state index in [0.717, 1.165) is 39.0 Å². The molecule has 2 N–H and O–H groups in total. The van der Waals surface area contributed by atoms with Gasteiger partial charge in [0.05, 0.1) is 5.92 Å². The summed E-state index contributed by atoms with van der Waals surface area (Å²) in [5.74, 6) is 0.457. The van der Waals surface area contributed by atoms with Crippen LogP contribution < -0.4 is 10.6 Å². The van der Waals surface area contributed by atoms with Crippen LogP contribution >= 0.6 is 0 Å². The Morgan fingerprint density at radius 1 is 1.25 bits per heavy atom. The normalized spacial score (nSPS) is 22.7. The Morgan fingerprint density at radius 2 is 1.88 bits per heavy atom. The van der Waals surface area contributed by atoms with Crippen LogP contribution in [-0.2, 0) is 9.59 Å². The Bertz CT molecular complexity index is 281. The third-order valence-electron chi connectivity index (χ3n) is 3.44. The highest BCUT2D eigenvalue weighted by Crippen LogP contribution is 2.12. The molecule has 2 fully saturated rings. The number of nitrogens with zero attached hydrogens (tertiary/aromatic N) is 1. The summed E-state index contributed by atoms with van der Waals surface area (Å²) in [4.78, 5) is 24.6. The van der Waals surface area contributed by atoms with Gasteiger partial charge in [-0.3, -0.25) is 9.59 Å². The van der Waals surface area contributed by atoms with Crippen molar-refractivity contribution in [3.05, 3.63) is 0 Å². The fourth-order valence-electron chi connectivity index (χ4n) is 2.13. The van der Waals surface area contributed by atoms with E-state index in [4.69, 9.17) is 0 Å². The summed E-state index contributed by atoms with van der Waals surface area (Å²) in [6.45, 7) is 4.74. The lowest BCUT2D eigenvalue weighted by atomic mass is 10.00. The first-order valence-electron chi connectivity index (χ1n) is 5.93. The molecule has 0 aromatic rings. The molecular weight excluding hydrogens is 206 g/mol. The zero-order valence-corrected chi connectivity index (χ0v) is 9.66. The van der Waals surface area contributed by atoms with E-state index in [1.54, 1.807) is 6.92 Å². The predicted molar refractivity (Wildman–Crippen MR) is 59.8 cm³/mol. The summed E-state index contributed by atoms with van der Waals surface area (Å²) in [5, 5.41) is 6.15. The topological polar surface area (TPSA) is 61.4 Å². The molecule has 0 spiro atoms. The van der Waals surface area contributed by atoms with E-state index in [1.807, 2.05) is 4.90 Å². The van der Waals surface area contributed by atoms with E-state index in [2.05, 4.69) is 10.6 Å². The fraction of sp³-hybridized carbons (Fsp3) is 0.818. The van der Waals surface area contributed by atoms with E-state index in [-0.39, 0.29) is 23.8 Å². The van der Waals surface area contributed by atoms with E-state index < -0.39 is 0 Å². The third-order valence-corrected chi connectivity index (χ3v) is 3.44. The van der Waals surface area contributed by atoms with Crippen LogP contribution in [0.15, 0.2) is 0 Å². The molecule has 0 atom stereocenters. The van der Waals surface area contributed by atoms with Gasteiger partial charge in [0.25, 0.3) is 0 Å². The summed E-state index contributed by atoms with van der Waals surface area (Å²) < 4.78 is 0. The predicted octanol–water partition coefficient (Wildman–Crippen LogP) is -0.667. The lowest BCUT2D eigenvalue weighted by Gasteiger charge is -2.34. The van der Waals surface area contributed by atoms with Crippen molar-refractivity contribution in [2.75, 3.05) is 26.2 Å². The number of hydrogen-bond acceptors (Lipinski definition) is 3. The van der Waals surface area contributed by atoms with Gasteiger partial charge in [0.15, 0.2) is 0 Å². The zero-order valence-electron chi connectivity index (χ0n) is 9.66. The van der Waals surface area contributed by atoms with Gasteiger partial charge < -0.3 is 15.5 Å². The number of carbonyl (C=O) groups excluding carboxylic acids is 2.